The Hall–Kier alpha value is -1.73. The molecule has 1 heterocycles. The third kappa shape index (κ3) is 6.73. The summed E-state index contributed by atoms with van der Waals surface area (Å²) in [5.74, 6) is 0.551. The molecule has 0 N–H and O–H groups in total. The van der Waals surface area contributed by atoms with Gasteiger partial charge in [-0.1, -0.05) is 115 Å². The van der Waals surface area contributed by atoms with E-state index >= 15 is 0 Å². The van der Waals surface area contributed by atoms with E-state index < -0.39 is 16.1 Å². The molecule has 3 nitrogen and oxygen atoms in total. The summed E-state index contributed by atoms with van der Waals surface area (Å²) in [6.45, 7) is 17.7. The maximum Gasteiger partial charge on any atom is 0.250 e. The average molecular weight is 510 g/mol. The van der Waals surface area contributed by atoms with Crippen LogP contribution in [0.1, 0.15) is 57.4 Å². The van der Waals surface area contributed by atoms with Crippen molar-refractivity contribution >= 4 is 27.8 Å². The van der Waals surface area contributed by atoms with Crippen LogP contribution in [-0.2, 0) is 16.1 Å². The van der Waals surface area contributed by atoms with Gasteiger partial charge in [0.15, 0.2) is 5.78 Å². The molecular weight excluding hydrogens is 463 g/mol. The first-order chi connectivity index (χ1) is 16.4. The number of hydrogen-bond acceptors (Lipinski definition) is 2. The molecule has 0 unspecified atom stereocenters. The van der Waals surface area contributed by atoms with Crippen molar-refractivity contribution in [2.24, 2.45) is 0 Å². The number of carbonyl (C=O) groups excluding carboxylic acids is 2. The van der Waals surface area contributed by atoms with Crippen LogP contribution in [0.3, 0.4) is 0 Å². The van der Waals surface area contributed by atoms with E-state index in [9.17, 15) is 9.59 Å². The monoisotopic (exact) mass is 509 g/mol. The van der Waals surface area contributed by atoms with Crippen LogP contribution in [0, 0.1) is 0 Å². The molecule has 0 fully saturated rings. The molecule has 2 atom stereocenters. The molecule has 0 radical (unpaired) electrons. The van der Waals surface area contributed by atoms with Gasteiger partial charge in [0.25, 0.3) is 5.91 Å². The van der Waals surface area contributed by atoms with Crippen LogP contribution in [-0.4, -0.2) is 39.3 Å². The van der Waals surface area contributed by atoms with Gasteiger partial charge in [0.1, 0.15) is 0 Å². The molecule has 1 aliphatic heterocycles. The molecule has 1 amide bonds. The fourth-order valence-corrected chi connectivity index (χ4v) is 10.2. The summed E-state index contributed by atoms with van der Waals surface area (Å²) in [6, 6.07) is 10.3. The van der Waals surface area contributed by atoms with Crippen molar-refractivity contribution in [1.29, 1.82) is 0 Å². The minimum Gasteiger partial charge on any atom is -0.331 e. The molecule has 5 heteroatoms. The Kier molecular flexibility index (Phi) is 9.19. The highest BCUT2D eigenvalue weighted by Crippen LogP contribution is 2.52. The lowest BCUT2D eigenvalue weighted by molar-refractivity contribution is -0.126. The van der Waals surface area contributed by atoms with Crippen molar-refractivity contribution in [3.05, 3.63) is 58.7 Å². The number of amides is 1. The maximum atomic E-state index is 13.8. The van der Waals surface area contributed by atoms with Crippen molar-refractivity contribution in [1.82, 2.24) is 4.90 Å². The summed E-state index contributed by atoms with van der Waals surface area (Å²) in [5, 5.41) is 0. The van der Waals surface area contributed by atoms with Crippen molar-refractivity contribution in [3.63, 3.8) is 0 Å². The molecule has 35 heavy (non-hydrogen) atoms. The van der Waals surface area contributed by atoms with E-state index in [-0.39, 0.29) is 17.0 Å². The van der Waals surface area contributed by atoms with Crippen LogP contribution in [0.25, 0.3) is 0 Å². The first kappa shape index (κ1) is 27.9. The predicted molar refractivity (Wildman–Crippen MR) is 154 cm³/mol. The largest absolute Gasteiger partial charge is 0.331 e. The first-order valence-corrected chi connectivity index (χ1v) is 20.9. The van der Waals surface area contributed by atoms with E-state index in [0.29, 0.717) is 25.3 Å². The lowest BCUT2D eigenvalue weighted by atomic mass is 9.88. The maximum absolute atomic E-state index is 13.8. The molecule has 192 valence electrons. The van der Waals surface area contributed by atoms with Gasteiger partial charge in [0, 0.05) is 36.2 Å². The smallest absolute Gasteiger partial charge is 0.250 e. The second-order valence-corrected chi connectivity index (χ2v) is 23.5. The molecule has 1 aliphatic carbocycles. The van der Waals surface area contributed by atoms with Gasteiger partial charge in [-0.15, -0.1) is 0 Å². The minimum atomic E-state index is -1.78. The number of nitrogens with zero attached hydrogens (tertiary/aromatic N) is 1. The van der Waals surface area contributed by atoms with Crippen LogP contribution in [0.15, 0.2) is 53.1 Å². The molecule has 0 spiro atoms. The molecule has 0 aromatic heterocycles. The highest BCUT2D eigenvalue weighted by Gasteiger charge is 2.49. The summed E-state index contributed by atoms with van der Waals surface area (Å²) in [4.78, 5) is 29.6. The van der Waals surface area contributed by atoms with Crippen molar-refractivity contribution in [2.75, 3.05) is 6.54 Å². The summed E-state index contributed by atoms with van der Waals surface area (Å²) >= 11 is 0. The highest BCUT2D eigenvalue weighted by atomic mass is 28.3. The van der Waals surface area contributed by atoms with Crippen LogP contribution >= 0.6 is 0 Å². The third-order valence-corrected chi connectivity index (χ3v) is 12.3. The highest BCUT2D eigenvalue weighted by molar-refractivity contribution is 6.81. The summed E-state index contributed by atoms with van der Waals surface area (Å²) < 4.78 is 0. The molecular formula is C30H47NO2Si2. The number of carbonyl (C=O) groups is 2. The SMILES string of the molecule is CCCCCCCCC(=O)C1=C[C@H]([Si](C)(C)C)C2=C(CN(Cc3ccccc3)C2=O)[C@@H]1[Si](C)(C)C. The zero-order valence-corrected chi connectivity index (χ0v) is 25.2. The summed E-state index contributed by atoms with van der Waals surface area (Å²) in [7, 11) is -3.54. The zero-order chi connectivity index (χ0) is 25.8. The molecule has 0 bridgehead atoms. The molecule has 1 aromatic rings. The third-order valence-electron chi connectivity index (χ3n) is 7.64. The van der Waals surface area contributed by atoms with E-state index in [1.165, 1.54) is 36.8 Å². The van der Waals surface area contributed by atoms with E-state index in [0.717, 1.165) is 24.0 Å². The van der Waals surface area contributed by atoms with E-state index in [4.69, 9.17) is 0 Å². The van der Waals surface area contributed by atoms with Gasteiger partial charge >= 0.3 is 0 Å². The average Bonchev–Trinajstić information content (AvgIpc) is 3.09. The number of hydrogen-bond donors (Lipinski definition) is 0. The van der Waals surface area contributed by atoms with Crippen LogP contribution in [0.4, 0.5) is 0 Å². The molecule has 3 rings (SSSR count). The zero-order valence-electron chi connectivity index (χ0n) is 23.2. The number of benzene rings is 1. The Labute approximate surface area is 216 Å². The van der Waals surface area contributed by atoms with Gasteiger partial charge < -0.3 is 4.90 Å². The standard InChI is InChI=1S/C30H47NO2Si2/c1-8-9-10-11-12-16-19-26(32)24-20-27(34(2,3)4)28-25(29(24)35(5,6)7)22-31(30(28)33)21-23-17-14-13-15-18-23/h13-15,17-18,20,27,29H,8-12,16,19,21-22H2,1-7H3/t27-,29+/m0/s1. The lowest BCUT2D eigenvalue weighted by Gasteiger charge is -2.39. The number of unbranched alkanes of at least 4 members (excludes halogenated alkanes) is 5. The van der Waals surface area contributed by atoms with E-state index in [1.807, 2.05) is 23.1 Å². The minimum absolute atomic E-state index is 0.127. The molecule has 0 saturated carbocycles. The Morgan fingerprint density at radius 3 is 2.14 bits per heavy atom. The number of allylic oxidation sites excluding steroid dienone is 2. The molecule has 2 aliphatic rings. The van der Waals surface area contributed by atoms with Crippen LogP contribution in [0.2, 0.25) is 50.4 Å². The Bertz CT molecular complexity index is 966. The second kappa shape index (κ2) is 11.6. The first-order valence-electron chi connectivity index (χ1n) is 13.8. The number of rotatable bonds is 12. The van der Waals surface area contributed by atoms with Gasteiger partial charge in [0.2, 0.25) is 0 Å². The fraction of sp³-hybridized carbons (Fsp3) is 0.600. The number of Topliss-reactive ketones (excluding diaryl/α,β-unsaturated/α-hetero) is 1. The Balaban J connectivity index is 1.89. The van der Waals surface area contributed by atoms with Gasteiger partial charge in [0.05, 0.1) is 16.1 Å². The Morgan fingerprint density at radius 2 is 1.54 bits per heavy atom. The topological polar surface area (TPSA) is 37.4 Å². The van der Waals surface area contributed by atoms with E-state index in [2.05, 4.69) is 64.4 Å². The molecule has 0 saturated heterocycles. The molecule has 1 aromatic carbocycles. The van der Waals surface area contributed by atoms with Gasteiger partial charge in [-0.25, -0.2) is 0 Å². The van der Waals surface area contributed by atoms with Gasteiger partial charge in [-0.05, 0) is 23.1 Å². The van der Waals surface area contributed by atoms with Crippen molar-refractivity contribution < 1.29 is 9.59 Å². The van der Waals surface area contributed by atoms with Crippen LogP contribution < -0.4 is 0 Å². The fourth-order valence-electron chi connectivity index (χ4n) is 5.86. The quantitative estimate of drug-likeness (QED) is 0.211. The van der Waals surface area contributed by atoms with E-state index in [1.54, 1.807) is 0 Å². The van der Waals surface area contributed by atoms with Gasteiger partial charge in [-0.3, -0.25) is 9.59 Å². The predicted octanol–water partition coefficient (Wildman–Crippen LogP) is 8.00. The summed E-state index contributed by atoms with van der Waals surface area (Å²) in [5.41, 5.74) is 4.83. The van der Waals surface area contributed by atoms with Crippen molar-refractivity contribution in [2.45, 2.75) is 109 Å². The van der Waals surface area contributed by atoms with Crippen molar-refractivity contribution in [3.8, 4) is 0 Å². The number of ketones is 1. The second-order valence-electron chi connectivity index (χ2n) is 12.8. The normalized spacial score (nSPS) is 20.8. The summed E-state index contributed by atoms with van der Waals surface area (Å²) in [6.07, 6.45) is 10.1. The van der Waals surface area contributed by atoms with Crippen LogP contribution in [0.5, 0.6) is 0 Å². The van der Waals surface area contributed by atoms with Gasteiger partial charge in [-0.2, -0.15) is 0 Å². The lowest BCUT2D eigenvalue weighted by Crippen LogP contribution is -2.39. The Morgan fingerprint density at radius 1 is 0.914 bits per heavy atom.